The van der Waals surface area contributed by atoms with Crippen LogP contribution in [0.4, 0.5) is 0 Å². The first-order valence-electron chi connectivity index (χ1n) is 7.68. The third-order valence-corrected chi connectivity index (χ3v) is 4.39. The van der Waals surface area contributed by atoms with Gasteiger partial charge in [-0.15, -0.1) is 0 Å². The summed E-state index contributed by atoms with van der Waals surface area (Å²) < 4.78 is 12.8. The lowest BCUT2D eigenvalue weighted by molar-refractivity contribution is 0.292. The van der Waals surface area contributed by atoms with Crippen molar-refractivity contribution in [1.82, 2.24) is 14.8 Å². The van der Waals surface area contributed by atoms with E-state index in [1.807, 2.05) is 43.3 Å². The molecule has 3 rings (SSSR count). The van der Waals surface area contributed by atoms with E-state index in [1.165, 1.54) is 4.57 Å². The van der Waals surface area contributed by atoms with E-state index in [0.717, 1.165) is 22.4 Å². The Morgan fingerprint density at radius 2 is 1.96 bits per heavy atom. The molecule has 1 N–H and O–H groups in total. The molecular weight excluding hydrogens is 342 g/mol. The molecule has 0 unspecified atom stereocenters. The molecule has 0 fully saturated rings. The Morgan fingerprint density at radius 1 is 1.20 bits per heavy atom. The molecule has 0 saturated carbocycles. The highest BCUT2D eigenvalue weighted by atomic mass is 35.5. The normalized spacial score (nSPS) is 10.7. The number of H-pyrrole nitrogens is 1. The van der Waals surface area contributed by atoms with E-state index >= 15 is 0 Å². The summed E-state index contributed by atoms with van der Waals surface area (Å²) >= 11 is 6.32. The number of hydrogen-bond donors (Lipinski definition) is 1. The minimum atomic E-state index is -0.282. The van der Waals surface area contributed by atoms with Crippen LogP contribution in [0.1, 0.15) is 11.4 Å². The van der Waals surface area contributed by atoms with Crippen molar-refractivity contribution in [3.63, 3.8) is 0 Å². The van der Waals surface area contributed by atoms with Crippen LogP contribution in [0.15, 0.2) is 41.2 Å². The van der Waals surface area contributed by atoms with Crippen LogP contribution in [0.2, 0.25) is 5.02 Å². The molecule has 0 amide bonds. The zero-order chi connectivity index (χ0) is 18.0. The Labute approximate surface area is 150 Å². The number of aromatic amines is 1. The molecule has 0 spiro atoms. The van der Waals surface area contributed by atoms with E-state index in [4.69, 9.17) is 21.1 Å². The second-order valence-corrected chi connectivity index (χ2v) is 6.00. The van der Waals surface area contributed by atoms with E-state index in [-0.39, 0.29) is 12.3 Å². The number of methoxy groups -OCH3 is 1. The largest absolute Gasteiger partial charge is 0.496 e. The van der Waals surface area contributed by atoms with Crippen LogP contribution < -0.4 is 15.2 Å². The summed E-state index contributed by atoms with van der Waals surface area (Å²) in [5.41, 5.74) is 2.30. The standard InChI is InChI=1S/C18H18ClN3O3/c1-11-8-16(25-10-17-20-21-18(23)22(17)2)13(9-14(11)19)12-6-4-5-7-15(12)24-3/h4-9H,10H2,1-3H3,(H,21,23). The molecular formula is C18H18ClN3O3. The first-order valence-corrected chi connectivity index (χ1v) is 8.05. The summed E-state index contributed by atoms with van der Waals surface area (Å²) in [6, 6.07) is 11.4. The molecule has 130 valence electrons. The van der Waals surface area contributed by atoms with Crippen LogP contribution in [-0.4, -0.2) is 21.9 Å². The van der Waals surface area contributed by atoms with Crippen LogP contribution in [-0.2, 0) is 13.7 Å². The number of nitrogens with one attached hydrogen (secondary N) is 1. The quantitative estimate of drug-likeness (QED) is 0.758. The van der Waals surface area contributed by atoms with Gasteiger partial charge in [0, 0.05) is 23.2 Å². The van der Waals surface area contributed by atoms with Gasteiger partial charge in [-0.2, -0.15) is 5.10 Å². The highest BCUT2D eigenvalue weighted by Gasteiger charge is 2.15. The topological polar surface area (TPSA) is 69.1 Å². The molecule has 0 aliphatic heterocycles. The number of aryl methyl sites for hydroxylation is 1. The summed E-state index contributed by atoms with van der Waals surface area (Å²) in [5, 5.41) is 6.99. The van der Waals surface area contributed by atoms with E-state index in [2.05, 4.69) is 10.2 Å². The molecule has 2 aromatic carbocycles. The van der Waals surface area contributed by atoms with Gasteiger partial charge < -0.3 is 9.47 Å². The number of ether oxygens (including phenoxy) is 2. The summed E-state index contributed by atoms with van der Waals surface area (Å²) in [6.45, 7) is 2.06. The number of rotatable bonds is 5. The number of aromatic nitrogens is 3. The molecule has 0 aliphatic carbocycles. The molecule has 7 heteroatoms. The Hall–Kier alpha value is -2.73. The van der Waals surface area contributed by atoms with Crippen molar-refractivity contribution in [3.8, 4) is 22.6 Å². The maximum atomic E-state index is 11.5. The van der Waals surface area contributed by atoms with Gasteiger partial charge >= 0.3 is 5.69 Å². The maximum Gasteiger partial charge on any atom is 0.343 e. The van der Waals surface area contributed by atoms with Crippen LogP contribution in [0.3, 0.4) is 0 Å². The summed E-state index contributed by atoms with van der Waals surface area (Å²) in [7, 11) is 3.26. The first-order chi connectivity index (χ1) is 12.0. The highest BCUT2D eigenvalue weighted by Crippen LogP contribution is 2.39. The Balaban J connectivity index is 2.02. The van der Waals surface area contributed by atoms with Crippen molar-refractivity contribution in [1.29, 1.82) is 0 Å². The summed E-state index contributed by atoms with van der Waals surface area (Å²) in [6.07, 6.45) is 0. The third kappa shape index (κ3) is 3.39. The smallest absolute Gasteiger partial charge is 0.343 e. The minimum Gasteiger partial charge on any atom is -0.496 e. The summed E-state index contributed by atoms with van der Waals surface area (Å²) in [5.74, 6) is 1.87. The van der Waals surface area contributed by atoms with Gasteiger partial charge in [0.15, 0.2) is 5.82 Å². The zero-order valence-electron chi connectivity index (χ0n) is 14.2. The second kappa shape index (κ2) is 7.03. The van der Waals surface area contributed by atoms with E-state index in [9.17, 15) is 4.79 Å². The van der Waals surface area contributed by atoms with Crippen LogP contribution in [0, 0.1) is 6.92 Å². The molecule has 1 heterocycles. The number of halogens is 1. The van der Waals surface area contributed by atoms with Gasteiger partial charge in [0.05, 0.1) is 7.11 Å². The lowest BCUT2D eigenvalue weighted by Gasteiger charge is -2.15. The van der Waals surface area contributed by atoms with Crippen molar-refractivity contribution >= 4 is 11.6 Å². The lowest BCUT2D eigenvalue weighted by atomic mass is 10.0. The Bertz CT molecular complexity index is 962. The predicted octanol–water partition coefficient (Wildman–Crippen LogP) is 3.32. The average molecular weight is 360 g/mol. The van der Waals surface area contributed by atoms with Crippen molar-refractivity contribution in [2.24, 2.45) is 7.05 Å². The van der Waals surface area contributed by atoms with Gasteiger partial charge in [0.25, 0.3) is 0 Å². The number of hydrogen-bond acceptors (Lipinski definition) is 4. The average Bonchev–Trinajstić information content (AvgIpc) is 2.94. The number of para-hydroxylation sites is 1. The molecule has 1 aromatic heterocycles. The molecule has 6 nitrogen and oxygen atoms in total. The van der Waals surface area contributed by atoms with E-state index < -0.39 is 0 Å². The fourth-order valence-corrected chi connectivity index (χ4v) is 2.67. The fourth-order valence-electron chi connectivity index (χ4n) is 2.50. The number of benzene rings is 2. The molecule has 25 heavy (non-hydrogen) atoms. The van der Waals surface area contributed by atoms with Crippen molar-refractivity contribution in [2.75, 3.05) is 7.11 Å². The van der Waals surface area contributed by atoms with Crippen LogP contribution >= 0.6 is 11.6 Å². The molecule has 0 bridgehead atoms. The monoisotopic (exact) mass is 359 g/mol. The zero-order valence-corrected chi connectivity index (χ0v) is 14.9. The van der Waals surface area contributed by atoms with Gasteiger partial charge in [-0.05, 0) is 30.7 Å². The number of nitrogens with zero attached hydrogens (tertiary/aromatic N) is 2. The minimum absolute atomic E-state index is 0.151. The Morgan fingerprint density at radius 3 is 2.64 bits per heavy atom. The van der Waals surface area contributed by atoms with Gasteiger partial charge in [-0.1, -0.05) is 29.8 Å². The van der Waals surface area contributed by atoms with Crippen LogP contribution in [0.25, 0.3) is 11.1 Å². The van der Waals surface area contributed by atoms with Crippen molar-refractivity contribution in [2.45, 2.75) is 13.5 Å². The molecule has 0 radical (unpaired) electrons. The van der Waals surface area contributed by atoms with Gasteiger partial charge in [-0.25, -0.2) is 9.89 Å². The summed E-state index contributed by atoms with van der Waals surface area (Å²) in [4.78, 5) is 11.5. The second-order valence-electron chi connectivity index (χ2n) is 5.59. The molecule has 3 aromatic rings. The molecule has 0 atom stereocenters. The van der Waals surface area contributed by atoms with Crippen molar-refractivity contribution in [3.05, 3.63) is 63.3 Å². The van der Waals surface area contributed by atoms with Crippen molar-refractivity contribution < 1.29 is 9.47 Å². The van der Waals surface area contributed by atoms with Gasteiger partial charge in [0.2, 0.25) is 0 Å². The SMILES string of the molecule is COc1ccccc1-c1cc(Cl)c(C)cc1OCc1n[nH]c(=O)n1C. The van der Waals surface area contributed by atoms with Crippen LogP contribution in [0.5, 0.6) is 11.5 Å². The van der Waals surface area contributed by atoms with E-state index in [0.29, 0.717) is 16.6 Å². The molecule has 0 saturated heterocycles. The predicted molar refractivity (Wildman–Crippen MR) is 96.3 cm³/mol. The first kappa shape index (κ1) is 17.1. The fraction of sp³-hybridized carbons (Fsp3) is 0.222. The van der Waals surface area contributed by atoms with Gasteiger partial charge in [-0.3, -0.25) is 4.57 Å². The third-order valence-electron chi connectivity index (χ3n) is 3.99. The van der Waals surface area contributed by atoms with Gasteiger partial charge in [0.1, 0.15) is 18.1 Å². The highest BCUT2D eigenvalue weighted by molar-refractivity contribution is 6.31. The molecule has 0 aliphatic rings. The lowest BCUT2D eigenvalue weighted by Crippen LogP contribution is -2.15. The van der Waals surface area contributed by atoms with E-state index in [1.54, 1.807) is 14.2 Å². The maximum absolute atomic E-state index is 11.5. The Kier molecular flexibility index (Phi) is 4.81.